The molecule has 0 atom stereocenters. The minimum atomic E-state index is -4.43. The van der Waals surface area contributed by atoms with E-state index in [1.165, 1.54) is 13.2 Å². The molecule has 0 aliphatic carbocycles. The van der Waals surface area contributed by atoms with E-state index < -0.39 is 11.9 Å². The maximum atomic E-state index is 12.7. The first kappa shape index (κ1) is 16.1. The van der Waals surface area contributed by atoms with Crippen LogP contribution in [0.5, 0.6) is 0 Å². The zero-order chi connectivity index (χ0) is 13.2. The number of alkyl halides is 3. The zero-order valence-electron chi connectivity index (χ0n) is 10.3. The van der Waals surface area contributed by atoms with Gasteiger partial charge in [-0.2, -0.15) is 18.3 Å². The zero-order valence-corrected chi connectivity index (χ0v) is 12.6. The third kappa shape index (κ3) is 4.25. The smallest absolute Gasteiger partial charge is 0.356 e. The van der Waals surface area contributed by atoms with Crippen LogP contribution in [0.3, 0.4) is 0 Å². The van der Waals surface area contributed by atoms with Crippen molar-refractivity contribution >= 4 is 29.9 Å². The third-order valence-electron chi connectivity index (χ3n) is 2.52. The molecule has 0 saturated carbocycles. The number of nitrogens with zero attached hydrogens (tertiary/aromatic N) is 3. The second kappa shape index (κ2) is 6.44. The van der Waals surface area contributed by atoms with Gasteiger partial charge in [0.05, 0.1) is 0 Å². The molecule has 1 aromatic rings. The van der Waals surface area contributed by atoms with E-state index in [0.29, 0.717) is 12.5 Å². The molecule has 5 nitrogen and oxygen atoms in total. The summed E-state index contributed by atoms with van der Waals surface area (Å²) in [5.41, 5.74) is -0.742. The molecule has 9 heteroatoms. The van der Waals surface area contributed by atoms with Crippen LogP contribution in [0, 0.1) is 0 Å². The number of nitrogens with one attached hydrogen (secondary N) is 2. The predicted octanol–water partition coefficient (Wildman–Crippen LogP) is 1.50. The van der Waals surface area contributed by atoms with E-state index in [0.717, 1.165) is 17.6 Å². The van der Waals surface area contributed by atoms with Crippen molar-refractivity contribution in [2.75, 3.05) is 13.1 Å². The molecule has 108 valence electrons. The molecule has 0 saturated heterocycles. The summed E-state index contributed by atoms with van der Waals surface area (Å²) in [4.78, 5) is 4.13. The fourth-order valence-corrected chi connectivity index (χ4v) is 1.74. The number of aromatic nitrogens is 2. The van der Waals surface area contributed by atoms with Gasteiger partial charge in [0.2, 0.25) is 0 Å². The van der Waals surface area contributed by atoms with Crippen molar-refractivity contribution in [3.63, 3.8) is 0 Å². The number of rotatable bonds is 2. The average Bonchev–Trinajstić information content (AvgIpc) is 2.69. The molecule has 0 amide bonds. The normalized spacial score (nSPS) is 15.3. The maximum absolute atomic E-state index is 12.7. The van der Waals surface area contributed by atoms with Crippen molar-refractivity contribution in [3.05, 3.63) is 17.5 Å². The summed E-state index contributed by atoms with van der Waals surface area (Å²) in [6.45, 7) is 1.52. The Morgan fingerprint density at radius 3 is 2.79 bits per heavy atom. The first-order valence-electron chi connectivity index (χ1n) is 5.59. The fourth-order valence-electron chi connectivity index (χ4n) is 1.74. The summed E-state index contributed by atoms with van der Waals surface area (Å²) in [6, 6.07) is 0. The molecule has 0 bridgehead atoms. The topological polar surface area (TPSA) is 54.2 Å². The van der Waals surface area contributed by atoms with Gasteiger partial charge in [-0.15, -0.1) is 24.0 Å². The van der Waals surface area contributed by atoms with Crippen LogP contribution in [0.25, 0.3) is 0 Å². The molecule has 1 aromatic heterocycles. The van der Waals surface area contributed by atoms with Crippen LogP contribution in [-0.4, -0.2) is 28.8 Å². The quantitative estimate of drug-likeness (QED) is 0.754. The van der Waals surface area contributed by atoms with Gasteiger partial charge in [-0.05, 0) is 6.42 Å². The van der Waals surface area contributed by atoms with Crippen LogP contribution in [0.4, 0.5) is 13.2 Å². The fraction of sp³-hybridized carbons (Fsp3) is 0.600. The Balaban J connectivity index is 0.00000180. The maximum Gasteiger partial charge on any atom is 0.435 e. The minimum absolute atomic E-state index is 0. The van der Waals surface area contributed by atoms with E-state index in [9.17, 15) is 13.2 Å². The molecule has 2 heterocycles. The molecule has 0 spiro atoms. The number of aliphatic imine (C=N–C) groups is 1. The Morgan fingerprint density at radius 2 is 2.21 bits per heavy atom. The van der Waals surface area contributed by atoms with Gasteiger partial charge in [-0.1, -0.05) is 0 Å². The van der Waals surface area contributed by atoms with Crippen LogP contribution in [-0.2, 0) is 19.8 Å². The van der Waals surface area contributed by atoms with E-state index >= 15 is 0 Å². The first-order valence-corrected chi connectivity index (χ1v) is 5.59. The number of hydrogen-bond acceptors (Lipinski definition) is 4. The Morgan fingerprint density at radius 1 is 1.47 bits per heavy atom. The highest BCUT2D eigenvalue weighted by atomic mass is 127. The third-order valence-corrected chi connectivity index (χ3v) is 2.52. The second-order valence-corrected chi connectivity index (χ2v) is 4.04. The van der Waals surface area contributed by atoms with Gasteiger partial charge in [-0.3, -0.25) is 9.67 Å². The van der Waals surface area contributed by atoms with E-state index in [1.807, 2.05) is 0 Å². The van der Waals surface area contributed by atoms with Gasteiger partial charge >= 0.3 is 6.18 Å². The van der Waals surface area contributed by atoms with E-state index in [1.54, 1.807) is 0 Å². The van der Waals surface area contributed by atoms with E-state index in [4.69, 9.17) is 0 Å². The number of halogens is 4. The number of hydrogen-bond donors (Lipinski definition) is 2. The summed E-state index contributed by atoms with van der Waals surface area (Å²) >= 11 is 0. The van der Waals surface area contributed by atoms with Crippen LogP contribution in [0.15, 0.2) is 11.2 Å². The van der Waals surface area contributed by atoms with Crippen LogP contribution < -0.4 is 10.6 Å². The van der Waals surface area contributed by atoms with E-state index in [2.05, 4.69) is 20.7 Å². The molecule has 19 heavy (non-hydrogen) atoms. The Bertz CT molecular complexity index is 455. The highest BCUT2D eigenvalue weighted by molar-refractivity contribution is 14.0. The highest BCUT2D eigenvalue weighted by Gasteiger charge is 2.36. The molecular formula is C10H15F3IN5. The second-order valence-electron chi connectivity index (χ2n) is 4.04. The Labute approximate surface area is 125 Å². The lowest BCUT2D eigenvalue weighted by atomic mass is 10.2. The van der Waals surface area contributed by atoms with Crippen LogP contribution in [0.2, 0.25) is 0 Å². The molecule has 2 N–H and O–H groups in total. The lowest BCUT2D eigenvalue weighted by Crippen LogP contribution is -2.40. The average molecular weight is 389 g/mol. The van der Waals surface area contributed by atoms with E-state index in [-0.39, 0.29) is 36.1 Å². The van der Waals surface area contributed by atoms with Crippen molar-refractivity contribution in [2.24, 2.45) is 12.0 Å². The lowest BCUT2D eigenvalue weighted by Gasteiger charge is -2.16. The molecule has 2 rings (SSSR count). The van der Waals surface area contributed by atoms with Gasteiger partial charge in [0.1, 0.15) is 0 Å². The number of aryl methyl sites for hydroxylation is 1. The van der Waals surface area contributed by atoms with Gasteiger partial charge in [0, 0.05) is 38.4 Å². The van der Waals surface area contributed by atoms with Crippen molar-refractivity contribution < 1.29 is 13.2 Å². The van der Waals surface area contributed by atoms with Crippen molar-refractivity contribution in [3.8, 4) is 0 Å². The van der Waals surface area contributed by atoms with Crippen molar-refractivity contribution in [1.82, 2.24) is 20.4 Å². The summed E-state index contributed by atoms with van der Waals surface area (Å²) in [5, 5.41) is 9.27. The van der Waals surface area contributed by atoms with Gasteiger partial charge < -0.3 is 10.6 Å². The highest BCUT2D eigenvalue weighted by Crippen LogP contribution is 2.30. The molecule has 0 radical (unpaired) electrons. The first-order chi connectivity index (χ1) is 8.47. The van der Waals surface area contributed by atoms with Gasteiger partial charge in [0.25, 0.3) is 0 Å². The molecular weight excluding hydrogens is 374 g/mol. The molecule has 1 aliphatic heterocycles. The monoisotopic (exact) mass is 389 g/mol. The number of guanidine groups is 1. The summed E-state index contributed by atoms with van der Waals surface area (Å²) in [6.07, 6.45) is -2.13. The molecule has 0 fully saturated rings. The predicted molar refractivity (Wildman–Crippen MR) is 75.4 cm³/mol. The largest absolute Gasteiger partial charge is 0.435 e. The van der Waals surface area contributed by atoms with Gasteiger partial charge in [-0.25, -0.2) is 0 Å². The Kier molecular flexibility index (Phi) is 5.44. The van der Waals surface area contributed by atoms with Crippen molar-refractivity contribution in [1.29, 1.82) is 0 Å². The molecule has 0 unspecified atom stereocenters. The summed E-state index contributed by atoms with van der Waals surface area (Å²) < 4.78 is 39.2. The van der Waals surface area contributed by atoms with Crippen LogP contribution in [0.1, 0.15) is 17.7 Å². The lowest BCUT2D eigenvalue weighted by molar-refractivity contribution is -0.142. The van der Waals surface area contributed by atoms with Crippen LogP contribution >= 0.6 is 24.0 Å². The SMILES string of the molecule is Cn1cc(CNC2=NCCCN2)c(C(F)(F)F)n1.I. The van der Waals surface area contributed by atoms with Crippen molar-refractivity contribution in [2.45, 2.75) is 19.1 Å². The van der Waals surface area contributed by atoms with Gasteiger partial charge in [0.15, 0.2) is 11.7 Å². The molecule has 1 aliphatic rings. The standard InChI is InChI=1S/C10H14F3N5.HI/c1-18-6-7(8(17-18)10(11,12)13)5-16-9-14-3-2-4-15-9;/h6H,2-5H2,1H3,(H2,14,15,16);1H. The Hall–Kier alpha value is -1.00. The summed E-state index contributed by atoms with van der Waals surface area (Å²) in [7, 11) is 1.47. The summed E-state index contributed by atoms with van der Waals surface area (Å²) in [5.74, 6) is 0.540. The minimum Gasteiger partial charge on any atom is -0.356 e. The molecule has 0 aromatic carbocycles.